The van der Waals surface area contributed by atoms with E-state index in [1.807, 2.05) is 45.0 Å². The fraction of sp³-hybridized carbons (Fsp3) is 0.409. The van der Waals surface area contributed by atoms with Gasteiger partial charge in [-0.1, -0.05) is 55.0 Å². The van der Waals surface area contributed by atoms with Crippen LogP contribution < -0.4 is 0 Å². The average Bonchev–Trinajstić information content (AvgIpc) is 2.60. The molecule has 2 rings (SSSR count). The molecular formula is C22H29NO2. The normalized spacial score (nSPS) is 11.4. The number of amides is 1. The summed E-state index contributed by atoms with van der Waals surface area (Å²) in [5.74, 6) is -0.326. The average molecular weight is 339 g/mol. The molecule has 0 unspecified atom stereocenters. The predicted octanol–water partition coefficient (Wildman–Crippen LogP) is 5.27. The van der Waals surface area contributed by atoms with Gasteiger partial charge in [-0.2, -0.15) is 0 Å². The molecule has 134 valence electrons. The first kappa shape index (κ1) is 19.2. The van der Waals surface area contributed by atoms with Gasteiger partial charge in [0.25, 0.3) is 5.91 Å². The molecule has 0 aromatic heterocycles. The summed E-state index contributed by atoms with van der Waals surface area (Å²) in [7, 11) is 0. The molecule has 25 heavy (non-hydrogen) atoms. The first-order valence-electron chi connectivity index (χ1n) is 9.05. The standard InChI is InChI=1S/C22H29NO2/c1-22(2,3)23(25)21(24)20-17-11-10-16-19(20)15-9-5-8-14-18-12-6-4-7-13-18/h4,6-7,10-13,16-17,25H,5,8-9,14-15H2,1-3H3. The van der Waals surface area contributed by atoms with Gasteiger partial charge in [-0.15, -0.1) is 0 Å². The summed E-state index contributed by atoms with van der Waals surface area (Å²) in [4.78, 5) is 12.6. The summed E-state index contributed by atoms with van der Waals surface area (Å²) in [6.07, 6.45) is 5.26. The van der Waals surface area contributed by atoms with Crippen LogP contribution in [-0.2, 0) is 12.8 Å². The van der Waals surface area contributed by atoms with Crippen molar-refractivity contribution in [2.75, 3.05) is 0 Å². The Labute approximate surface area is 151 Å². The molecule has 0 saturated heterocycles. The van der Waals surface area contributed by atoms with Crippen LogP contribution in [0.3, 0.4) is 0 Å². The quantitative estimate of drug-likeness (QED) is 0.424. The highest BCUT2D eigenvalue weighted by Gasteiger charge is 2.27. The lowest BCUT2D eigenvalue weighted by Crippen LogP contribution is -2.43. The van der Waals surface area contributed by atoms with Crippen LogP contribution in [0.2, 0.25) is 0 Å². The molecule has 0 aliphatic rings. The lowest BCUT2D eigenvalue weighted by atomic mass is 9.98. The minimum absolute atomic E-state index is 0.326. The molecule has 2 aromatic carbocycles. The van der Waals surface area contributed by atoms with E-state index >= 15 is 0 Å². The van der Waals surface area contributed by atoms with Crippen molar-refractivity contribution in [1.82, 2.24) is 5.06 Å². The zero-order valence-electron chi connectivity index (χ0n) is 15.5. The summed E-state index contributed by atoms with van der Waals surface area (Å²) in [6, 6.07) is 18.1. The Bertz CT molecular complexity index is 674. The maximum absolute atomic E-state index is 12.6. The maximum atomic E-state index is 12.6. The number of hydrogen-bond acceptors (Lipinski definition) is 2. The van der Waals surface area contributed by atoms with E-state index in [4.69, 9.17) is 0 Å². The summed E-state index contributed by atoms with van der Waals surface area (Å²) in [5.41, 5.74) is 2.37. The van der Waals surface area contributed by atoms with Crippen molar-refractivity contribution < 1.29 is 10.0 Å². The Kier molecular flexibility index (Phi) is 6.77. The number of rotatable bonds is 7. The van der Waals surface area contributed by atoms with Crippen molar-refractivity contribution >= 4 is 5.91 Å². The lowest BCUT2D eigenvalue weighted by Gasteiger charge is -2.29. The second-order valence-electron chi connectivity index (χ2n) is 7.49. The summed E-state index contributed by atoms with van der Waals surface area (Å²) < 4.78 is 0. The van der Waals surface area contributed by atoms with Gasteiger partial charge in [0, 0.05) is 5.56 Å². The van der Waals surface area contributed by atoms with Gasteiger partial charge in [0.15, 0.2) is 0 Å². The molecule has 0 spiro atoms. The van der Waals surface area contributed by atoms with Gasteiger partial charge in [-0.3, -0.25) is 10.0 Å². The molecule has 1 amide bonds. The molecule has 2 aromatic rings. The van der Waals surface area contributed by atoms with E-state index in [-0.39, 0.29) is 5.91 Å². The van der Waals surface area contributed by atoms with E-state index in [1.54, 1.807) is 6.07 Å². The van der Waals surface area contributed by atoms with Crippen LogP contribution >= 0.6 is 0 Å². The van der Waals surface area contributed by atoms with Crippen LogP contribution in [0.1, 0.15) is 61.5 Å². The number of unbranched alkanes of at least 4 members (excludes halogenated alkanes) is 2. The molecule has 0 saturated carbocycles. The van der Waals surface area contributed by atoms with Gasteiger partial charge >= 0.3 is 0 Å². The van der Waals surface area contributed by atoms with E-state index < -0.39 is 5.54 Å². The second-order valence-corrected chi connectivity index (χ2v) is 7.49. The van der Waals surface area contributed by atoms with E-state index in [0.29, 0.717) is 5.56 Å². The number of hydroxylamine groups is 2. The van der Waals surface area contributed by atoms with Gasteiger partial charge in [0.2, 0.25) is 0 Å². The molecule has 0 radical (unpaired) electrons. The molecule has 0 aliphatic carbocycles. The maximum Gasteiger partial charge on any atom is 0.277 e. The summed E-state index contributed by atoms with van der Waals surface area (Å²) in [5, 5.41) is 11.0. The molecule has 3 nitrogen and oxygen atoms in total. The fourth-order valence-corrected chi connectivity index (χ4v) is 2.83. The van der Waals surface area contributed by atoms with Crippen molar-refractivity contribution in [3.63, 3.8) is 0 Å². The SMILES string of the molecule is CC(C)(C)N(O)C(=O)c1ccccc1CCCCCc1ccccc1. The van der Waals surface area contributed by atoms with Crippen LogP contribution in [-0.4, -0.2) is 21.7 Å². The first-order chi connectivity index (χ1) is 11.9. The third-order valence-corrected chi connectivity index (χ3v) is 4.33. The van der Waals surface area contributed by atoms with E-state index in [9.17, 15) is 10.0 Å². The highest BCUT2D eigenvalue weighted by atomic mass is 16.5. The van der Waals surface area contributed by atoms with Crippen molar-refractivity contribution in [2.45, 2.75) is 58.4 Å². The third kappa shape index (κ3) is 5.71. The molecule has 0 heterocycles. The van der Waals surface area contributed by atoms with Gasteiger partial charge < -0.3 is 0 Å². The van der Waals surface area contributed by atoms with Crippen LogP contribution in [0.25, 0.3) is 0 Å². The second kappa shape index (κ2) is 8.82. The number of nitrogens with zero attached hydrogens (tertiary/aromatic N) is 1. The van der Waals surface area contributed by atoms with Crippen molar-refractivity contribution in [1.29, 1.82) is 0 Å². The van der Waals surface area contributed by atoms with Crippen LogP contribution in [0.5, 0.6) is 0 Å². The molecular weight excluding hydrogens is 310 g/mol. The zero-order chi connectivity index (χ0) is 18.3. The number of carbonyl (C=O) groups excluding carboxylic acids is 1. The van der Waals surface area contributed by atoms with Crippen LogP contribution in [0, 0.1) is 0 Å². The van der Waals surface area contributed by atoms with E-state index in [0.717, 1.165) is 42.7 Å². The Morgan fingerprint density at radius 3 is 2.16 bits per heavy atom. The Morgan fingerprint density at radius 2 is 1.48 bits per heavy atom. The molecule has 0 atom stereocenters. The van der Waals surface area contributed by atoms with Gasteiger partial charge in [-0.25, -0.2) is 5.06 Å². The van der Waals surface area contributed by atoms with Crippen molar-refractivity contribution in [3.8, 4) is 0 Å². The number of aryl methyl sites for hydroxylation is 2. The number of benzene rings is 2. The monoisotopic (exact) mass is 339 g/mol. The van der Waals surface area contributed by atoms with Gasteiger partial charge in [-0.05, 0) is 63.6 Å². The van der Waals surface area contributed by atoms with Crippen molar-refractivity contribution in [2.24, 2.45) is 0 Å². The Hall–Kier alpha value is -2.13. The molecule has 3 heteroatoms. The van der Waals surface area contributed by atoms with Crippen LogP contribution in [0.4, 0.5) is 0 Å². The predicted molar refractivity (Wildman–Crippen MR) is 102 cm³/mol. The smallest absolute Gasteiger partial charge is 0.277 e. The first-order valence-corrected chi connectivity index (χ1v) is 9.05. The fourth-order valence-electron chi connectivity index (χ4n) is 2.83. The number of hydrogen-bond donors (Lipinski definition) is 1. The molecule has 0 aliphatic heterocycles. The summed E-state index contributed by atoms with van der Waals surface area (Å²) in [6.45, 7) is 5.45. The Balaban J connectivity index is 1.89. The molecule has 0 bridgehead atoms. The summed E-state index contributed by atoms with van der Waals surface area (Å²) >= 11 is 0. The van der Waals surface area contributed by atoms with Crippen molar-refractivity contribution in [3.05, 3.63) is 71.3 Å². The zero-order valence-corrected chi connectivity index (χ0v) is 15.5. The van der Waals surface area contributed by atoms with E-state index in [2.05, 4.69) is 24.3 Å². The third-order valence-electron chi connectivity index (χ3n) is 4.33. The minimum atomic E-state index is -0.611. The van der Waals surface area contributed by atoms with Crippen LogP contribution in [0.15, 0.2) is 54.6 Å². The number of carbonyl (C=O) groups is 1. The highest BCUT2D eigenvalue weighted by molar-refractivity contribution is 5.95. The highest BCUT2D eigenvalue weighted by Crippen LogP contribution is 2.19. The minimum Gasteiger partial charge on any atom is -0.285 e. The largest absolute Gasteiger partial charge is 0.285 e. The van der Waals surface area contributed by atoms with Gasteiger partial charge in [0.1, 0.15) is 0 Å². The lowest BCUT2D eigenvalue weighted by molar-refractivity contribution is -0.114. The van der Waals surface area contributed by atoms with E-state index in [1.165, 1.54) is 5.56 Å². The van der Waals surface area contributed by atoms with Gasteiger partial charge in [0.05, 0.1) is 5.54 Å². The topological polar surface area (TPSA) is 40.5 Å². The Morgan fingerprint density at radius 1 is 0.880 bits per heavy atom. The molecule has 0 fully saturated rings. The molecule has 1 N–H and O–H groups in total.